The van der Waals surface area contributed by atoms with Gasteiger partial charge in [0.05, 0.1) is 13.7 Å². The Labute approximate surface area is 161 Å². The van der Waals surface area contributed by atoms with E-state index in [0.717, 1.165) is 15.7 Å². The smallest absolute Gasteiger partial charge is 0.329 e. The van der Waals surface area contributed by atoms with Gasteiger partial charge in [-0.2, -0.15) is 0 Å². The fraction of sp³-hybridized carbons (Fsp3) is 0.0909. The molecule has 140 valence electrons. The second-order valence-electron chi connectivity index (χ2n) is 6.41. The largest absolute Gasteiger partial charge is 0.496 e. The molecule has 1 aliphatic heterocycles. The number of amides is 3. The van der Waals surface area contributed by atoms with Crippen LogP contribution < -0.4 is 10.1 Å². The summed E-state index contributed by atoms with van der Waals surface area (Å²) in [5, 5.41) is 4.52. The summed E-state index contributed by atoms with van der Waals surface area (Å²) in [6.45, 7) is 0.0644. The predicted octanol–water partition coefficient (Wildman–Crippen LogP) is 4.08. The molecule has 0 spiro atoms. The van der Waals surface area contributed by atoms with E-state index in [4.69, 9.17) is 4.74 Å². The van der Waals surface area contributed by atoms with Gasteiger partial charge in [0.25, 0.3) is 5.91 Å². The predicted molar refractivity (Wildman–Crippen MR) is 104 cm³/mol. The molecule has 3 amide bonds. The molecule has 0 atom stereocenters. The van der Waals surface area contributed by atoms with Crippen LogP contribution in [0.2, 0.25) is 0 Å². The van der Waals surface area contributed by atoms with Crippen LogP contribution in [-0.2, 0) is 11.3 Å². The number of nitrogens with zero attached hydrogens (tertiary/aromatic N) is 1. The number of carbonyl (C=O) groups is 2. The Bertz CT molecular complexity index is 1110. The third kappa shape index (κ3) is 3.20. The van der Waals surface area contributed by atoms with Gasteiger partial charge in [0.2, 0.25) is 0 Å². The van der Waals surface area contributed by atoms with E-state index in [-0.39, 0.29) is 18.1 Å². The SMILES string of the molecule is COc1ccc2ccccc2c1/C=C1\NC(=O)N(Cc2ccc(F)cc2)C1=O. The molecule has 5 nitrogen and oxygen atoms in total. The number of urea groups is 1. The fourth-order valence-electron chi connectivity index (χ4n) is 3.23. The standard InChI is InChI=1S/C22H17FN2O3/c1-28-20-11-8-15-4-2-3-5-17(15)18(20)12-19-21(26)25(22(27)24-19)13-14-6-9-16(23)10-7-14/h2-12H,13H2,1H3,(H,24,27)/b19-12-. The Morgan fingerprint density at radius 1 is 1.04 bits per heavy atom. The van der Waals surface area contributed by atoms with Crippen LogP contribution in [0.15, 0.2) is 66.4 Å². The lowest BCUT2D eigenvalue weighted by Crippen LogP contribution is -2.30. The molecule has 1 aliphatic rings. The van der Waals surface area contributed by atoms with Gasteiger partial charge in [-0.3, -0.25) is 9.69 Å². The molecule has 0 bridgehead atoms. The van der Waals surface area contributed by atoms with E-state index in [1.54, 1.807) is 25.3 Å². The first-order valence-corrected chi connectivity index (χ1v) is 8.71. The minimum atomic E-state index is -0.514. The zero-order valence-corrected chi connectivity index (χ0v) is 15.1. The molecule has 0 aliphatic carbocycles. The Hall–Kier alpha value is -3.67. The van der Waals surface area contributed by atoms with Crippen LogP contribution in [0.4, 0.5) is 9.18 Å². The molecule has 1 fully saturated rings. The maximum Gasteiger partial charge on any atom is 0.329 e. The molecule has 4 rings (SSSR count). The average molecular weight is 376 g/mol. The normalized spacial score (nSPS) is 15.4. The topological polar surface area (TPSA) is 58.6 Å². The van der Waals surface area contributed by atoms with Crippen molar-refractivity contribution in [3.05, 3.63) is 83.3 Å². The summed E-state index contributed by atoms with van der Waals surface area (Å²) in [4.78, 5) is 26.2. The van der Waals surface area contributed by atoms with E-state index in [1.807, 2.05) is 36.4 Å². The van der Waals surface area contributed by atoms with Crippen LogP contribution in [0, 0.1) is 5.82 Å². The van der Waals surface area contributed by atoms with Gasteiger partial charge in [-0.25, -0.2) is 9.18 Å². The van der Waals surface area contributed by atoms with E-state index < -0.39 is 11.9 Å². The van der Waals surface area contributed by atoms with Crippen molar-refractivity contribution >= 4 is 28.8 Å². The highest BCUT2D eigenvalue weighted by atomic mass is 19.1. The summed E-state index contributed by atoms with van der Waals surface area (Å²) < 4.78 is 18.5. The number of rotatable bonds is 4. The quantitative estimate of drug-likeness (QED) is 0.551. The minimum Gasteiger partial charge on any atom is -0.496 e. The average Bonchev–Trinajstić information content (AvgIpc) is 2.97. The van der Waals surface area contributed by atoms with Crippen LogP contribution in [-0.4, -0.2) is 23.9 Å². The molecule has 0 aromatic heterocycles. The molecule has 1 N–H and O–H groups in total. The number of fused-ring (bicyclic) bond motifs is 1. The molecule has 3 aromatic rings. The van der Waals surface area contributed by atoms with Crippen molar-refractivity contribution in [1.82, 2.24) is 10.2 Å². The lowest BCUT2D eigenvalue weighted by Gasteiger charge is -2.12. The number of benzene rings is 3. The van der Waals surface area contributed by atoms with Gasteiger partial charge in [0.1, 0.15) is 17.3 Å². The maximum absolute atomic E-state index is 13.1. The van der Waals surface area contributed by atoms with Crippen molar-refractivity contribution in [3.8, 4) is 5.75 Å². The van der Waals surface area contributed by atoms with Crippen LogP contribution in [0.1, 0.15) is 11.1 Å². The Balaban J connectivity index is 1.70. The number of carbonyl (C=O) groups excluding carboxylic acids is 2. The number of ether oxygens (including phenoxy) is 1. The lowest BCUT2D eigenvalue weighted by molar-refractivity contribution is -0.123. The van der Waals surface area contributed by atoms with Gasteiger partial charge < -0.3 is 10.1 Å². The van der Waals surface area contributed by atoms with Crippen molar-refractivity contribution in [2.45, 2.75) is 6.54 Å². The highest BCUT2D eigenvalue weighted by molar-refractivity contribution is 6.14. The third-order valence-electron chi connectivity index (χ3n) is 4.66. The maximum atomic E-state index is 13.1. The fourth-order valence-corrected chi connectivity index (χ4v) is 3.23. The molecular formula is C22H17FN2O3. The van der Waals surface area contributed by atoms with Gasteiger partial charge in [0.15, 0.2) is 0 Å². The van der Waals surface area contributed by atoms with Crippen LogP contribution in [0.25, 0.3) is 16.8 Å². The molecule has 0 unspecified atom stereocenters. The van der Waals surface area contributed by atoms with E-state index in [1.165, 1.54) is 12.1 Å². The van der Waals surface area contributed by atoms with Crippen molar-refractivity contribution < 1.29 is 18.7 Å². The Kier molecular flexibility index (Phi) is 4.53. The number of imide groups is 1. The van der Waals surface area contributed by atoms with Crippen LogP contribution >= 0.6 is 0 Å². The van der Waals surface area contributed by atoms with E-state index >= 15 is 0 Å². The first-order chi connectivity index (χ1) is 13.6. The summed E-state index contributed by atoms with van der Waals surface area (Å²) in [7, 11) is 1.56. The van der Waals surface area contributed by atoms with E-state index in [9.17, 15) is 14.0 Å². The Morgan fingerprint density at radius 2 is 1.79 bits per heavy atom. The van der Waals surface area contributed by atoms with Gasteiger partial charge in [-0.1, -0.05) is 42.5 Å². The Morgan fingerprint density at radius 3 is 2.54 bits per heavy atom. The minimum absolute atomic E-state index is 0.0644. The molecule has 3 aromatic carbocycles. The van der Waals surface area contributed by atoms with Gasteiger partial charge in [-0.15, -0.1) is 0 Å². The zero-order valence-electron chi connectivity index (χ0n) is 15.1. The van der Waals surface area contributed by atoms with Gasteiger partial charge in [-0.05, 0) is 40.6 Å². The van der Waals surface area contributed by atoms with Crippen molar-refractivity contribution in [2.24, 2.45) is 0 Å². The summed E-state index contributed by atoms with van der Waals surface area (Å²) in [6.07, 6.45) is 1.63. The number of nitrogens with one attached hydrogen (secondary N) is 1. The van der Waals surface area contributed by atoms with E-state index in [2.05, 4.69) is 5.32 Å². The molecule has 6 heteroatoms. The zero-order chi connectivity index (χ0) is 19.7. The molecule has 0 radical (unpaired) electrons. The van der Waals surface area contributed by atoms with Crippen molar-refractivity contribution in [2.75, 3.05) is 7.11 Å². The summed E-state index contributed by atoms with van der Waals surface area (Å²) in [5.74, 6) is -0.209. The molecule has 1 saturated heterocycles. The first-order valence-electron chi connectivity index (χ1n) is 8.71. The summed E-state index contributed by atoms with van der Waals surface area (Å²) in [6, 6.07) is 16.7. The van der Waals surface area contributed by atoms with Gasteiger partial charge in [0, 0.05) is 5.56 Å². The van der Waals surface area contributed by atoms with Gasteiger partial charge >= 0.3 is 6.03 Å². The molecule has 0 saturated carbocycles. The lowest BCUT2D eigenvalue weighted by atomic mass is 10.0. The van der Waals surface area contributed by atoms with Crippen molar-refractivity contribution in [1.29, 1.82) is 0 Å². The van der Waals surface area contributed by atoms with Crippen LogP contribution in [0.3, 0.4) is 0 Å². The first kappa shape index (κ1) is 17.7. The summed E-state index contributed by atoms with van der Waals surface area (Å²) >= 11 is 0. The van der Waals surface area contributed by atoms with Crippen LogP contribution in [0.5, 0.6) is 5.75 Å². The summed E-state index contributed by atoms with van der Waals surface area (Å²) in [5.41, 5.74) is 1.54. The van der Waals surface area contributed by atoms with Crippen molar-refractivity contribution in [3.63, 3.8) is 0 Å². The van der Waals surface area contributed by atoms with E-state index in [0.29, 0.717) is 16.9 Å². The third-order valence-corrected chi connectivity index (χ3v) is 4.66. The highest BCUT2D eigenvalue weighted by Crippen LogP contribution is 2.30. The monoisotopic (exact) mass is 376 g/mol. The number of hydrogen-bond acceptors (Lipinski definition) is 3. The second-order valence-corrected chi connectivity index (χ2v) is 6.41. The highest BCUT2D eigenvalue weighted by Gasteiger charge is 2.33. The number of methoxy groups -OCH3 is 1. The molecule has 1 heterocycles. The molecular weight excluding hydrogens is 359 g/mol. The number of hydrogen-bond donors (Lipinski definition) is 1. The second kappa shape index (κ2) is 7.15. The molecule has 28 heavy (non-hydrogen) atoms. The number of halogens is 1.